The number of urea groups is 1. The molecule has 0 saturated heterocycles. The molecule has 0 unspecified atom stereocenters. The molecule has 8 nitrogen and oxygen atoms in total. The van der Waals surface area contributed by atoms with Gasteiger partial charge in [-0.05, 0) is 18.9 Å². The Kier molecular flexibility index (Phi) is 5.97. The van der Waals surface area contributed by atoms with Crippen LogP contribution >= 0.6 is 0 Å². The number of nitrogens with one attached hydrogen (secondary N) is 2. The summed E-state index contributed by atoms with van der Waals surface area (Å²) in [5.41, 5.74) is 2.94. The van der Waals surface area contributed by atoms with Crippen LogP contribution in [0.25, 0.3) is 11.3 Å². The van der Waals surface area contributed by atoms with E-state index in [9.17, 15) is 4.79 Å². The minimum atomic E-state index is -0.384. The minimum Gasteiger partial charge on any atom is -0.493 e. The Bertz CT molecular complexity index is 1040. The lowest BCUT2D eigenvalue weighted by atomic mass is 10.1. The lowest BCUT2D eigenvalue weighted by molar-refractivity contribution is 0.262. The molecule has 4 rings (SSSR count). The Hall–Kier alpha value is -3.68. The van der Waals surface area contributed by atoms with Crippen molar-refractivity contribution in [3.05, 3.63) is 48.4 Å². The van der Waals surface area contributed by atoms with Crippen LogP contribution in [0.4, 0.5) is 16.2 Å². The molecule has 0 fully saturated rings. The van der Waals surface area contributed by atoms with E-state index in [0.29, 0.717) is 28.6 Å². The van der Waals surface area contributed by atoms with E-state index in [0.717, 1.165) is 36.5 Å². The molecule has 2 N–H and O–H groups in total. The largest absolute Gasteiger partial charge is 0.493 e. The van der Waals surface area contributed by atoms with E-state index in [4.69, 9.17) is 19.2 Å². The number of rotatable bonds is 6. The van der Waals surface area contributed by atoms with Gasteiger partial charge in [0.25, 0.3) is 0 Å². The van der Waals surface area contributed by atoms with E-state index in [1.807, 2.05) is 24.3 Å². The lowest BCUT2D eigenvalue weighted by Gasteiger charge is -2.15. The summed E-state index contributed by atoms with van der Waals surface area (Å²) in [6.45, 7) is 0.986. The summed E-state index contributed by atoms with van der Waals surface area (Å²) in [5, 5.41) is 5.76. The number of hydrogen-bond donors (Lipinski definition) is 2. The normalized spacial score (nSPS) is 12.6. The first-order valence-electron chi connectivity index (χ1n) is 10.2. The molecule has 2 amide bonds. The van der Waals surface area contributed by atoms with Crippen LogP contribution in [0, 0.1) is 0 Å². The molecule has 3 aromatic rings. The molecule has 0 bridgehead atoms. The Balaban J connectivity index is 1.56. The number of fused-ring (bicyclic) bond motifs is 1. The SMILES string of the molecule is COc1cc(NC(=O)Nc2ccccc2-c2cn3c(n2)CCCC3)cc(OC)c1OC. The molecule has 0 aliphatic carbocycles. The number of ether oxygens (including phenoxy) is 3. The fraction of sp³-hybridized carbons (Fsp3) is 0.304. The zero-order valence-corrected chi connectivity index (χ0v) is 17.9. The molecule has 0 saturated carbocycles. The Morgan fingerprint density at radius 3 is 2.42 bits per heavy atom. The fourth-order valence-electron chi connectivity index (χ4n) is 3.80. The van der Waals surface area contributed by atoms with E-state index >= 15 is 0 Å². The second kappa shape index (κ2) is 8.99. The van der Waals surface area contributed by atoms with Crippen molar-refractivity contribution < 1.29 is 19.0 Å². The Morgan fingerprint density at radius 1 is 1.00 bits per heavy atom. The monoisotopic (exact) mass is 422 g/mol. The maximum atomic E-state index is 12.8. The van der Waals surface area contributed by atoms with Gasteiger partial charge < -0.3 is 29.4 Å². The van der Waals surface area contributed by atoms with Gasteiger partial charge in [0.05, 0.1) is 38.4 Å². The molecular weight excluding hydrogens is 396 g/mol. The third-order valence-corrected chi connectivity index (χ3v) is 5.28. The number of carbonyl (C=O) groups is 1. The standard InChI is InChI=1S/C23H26N4O4/c1-29-19-12-15(13-20(30-2)22(19)31-3)24-23(28)26-17-9-5-4-8-16(17)18-14-27-11-7-6-10-21(27)25-18/h4-5,8-9,12-14H,6-7,10-11H2,1-3H3,(H2,24,26,28). The summed E-state index contributed by atoms with van der Waals surface area (Å²) in [6.07, 6.45) is 5.37. The van der Waals surface area contributed by atoms with E-state index in [-0.39, 0.29) is 6.03 Å². The number of amides is 2. The van der Waals surface area contributed by atoms with Gasteiger partial charge in [-0.1, -0.05) is 18.2 Å². The average Bonchev–Trinajstić information content (AvgIpc) is 3.22. The van der Waals surface area contributed by atoms with E-state index in [1.54, 1.807) is 12.1 Å². The number of anilines is 2. The van der Waals surface area contributed by atoms with Gasteiger partial charge >= 0.3 is 6.03 Å². The zero-order valence-electron chi connectivity index (χ0n) is 17.9. The highest BCUT2D eigenvalue weighted by molar-refractivity contribution is 6.02. The summed E-state index contributed by atoms with van der Waals surface area (Å²) in [5.74, 6) is 2.48. The molecule has 2 heterocycles. The first kappa shape index (κ1) is 20.6. The van der Waals surface area contributed by atoms with Gasteiger partial charge in [-0.3, -0.25) is 0 Å². The number of nitrogens with zero attached hydrogens (tertiary/aromatic N) is 2. The highest BCUT2D eigenvalue weighted by Crippen LogP contribution is 2.40. The topological polar surface area (TPSA) is 86.6 Å². The number of aromatic nitrogens is 2. The molecule has 0 spiro atoms. The van der Waals surface area contributed by atoms with Crippen molar-refractivity contribution >= 4 is 17.4 Å². The van der Waals surface area contributed by atoms with Crippen molar-refractivity contribution in [2.45, 2.75) is 25.8 Å². The number of methoxy groups -OCH3 is 3. The van der Waals surface area contributed by atoms with Gasteiger partial charge in [0, 0.05) is 36.9 Å². The lowest BCUT2D eigenvalue weighted by Crippen LogP contribution is -2.20. The summed E-state index contributed by atoms with van der Waals surface area (Å²) in [6, 6.07) is 10.6. The maximum Gasteiger partial charge on any atom is 0.323 e. The molecule has 1 aliphatic heterocycles. The smallest absolute Gasteiger partial charge is 0.323 e. The quantitative estimate of drug-likeness (QED) is 0.608. The maximum absolute atomic E-state index is 12.8. The van der Waals surface area contributed by atoms with Crippen LogP contribution in [0.5, 0.6) is 17.2 Å². The molecule has 2 aromatic carbocycles. The van der Waals surface area contributed by atoms with Crippen LogP contribution < -0.4 is 24.8 Å². The van der Waals surface area contributed by atoms with Crippen LogP contribution in [0.15, 0.2) is 42.6 Å². The van der Waals surface area contributed by atoms with Crippen molar-refractivity contribution in [2.75, 3.05) is 32.0 Å². The van der Waals surface area contributed by atoms with E-state index < -0.39 is 0 Å². The molecule has 0 atom stereocenters. The summed E-state index contributed by atoms with van der Waals surface area (Å²) in [7, 11) is 4.59. The highest BCUT2D eigenvalue weighted by Gasteiger charge is 2.17. The Morgan fingerprint density at radius 2 is 1.74 bits per heavy atom. The van der Waals surface area contributed by atoms with E-state index in [1.165, 1.54) is 27.8 Å². The molecule has 1 aromatic heterocycles. The van der Waals surface area contributed by atoms with Crippen molar-refractivity contribution in [1.29, 1.82) is 0 Å². The van der Waals surface area contributed by atoms with Gasteiger partial charge in [0.15, 0.2) is 11.5 Å². The molecular formula is C23H26N4O4. The molecule has 162 valence electrons. The third-order valence-electron chi connectivity index (χ3n) is 5.28. The molecule has 1 aliphatic rings. The summed E-state index contributed by atoms with van der Waals surface area (Å²) < 4.78 is 18.2. The second-order valence-electron chi connectivity index (χ2n) is 7.23. The predicted octanol–water partition coefficient (Wildman–Crippen LogP) is 4.56. The van der Waals surface area contributed by atoms with Gasteiger partial charge in [-0.25, -0.2) is 9.78 Å². The first-order chi connectivity index (χ1) is 15.1. The number of imidazole rings is 1. The molecule has 31 heavy (non-hydrogen) atoms. The number of aryl methyl sites for hydroxylation is 2. The van der Waals surface area contributed by atoms with Crippen LogP contribution in [-0.2, 0) is 13.0 Å². The Labute approximate surface area is 181 Å². The third kappa shape index (κ3) is 4.28. The highest BCUT2D eigenvalue weighted by atomic mass is 16.5. The van der Waals surface area contributed by atoms with Crippen molar-refractivity contribution in [3.63, 3.8) is 0 Å². The van der Waals surface area contributed by atoms with Crippen LogP contribution in [0.2, 0.25) is 0 Å². The van der Waals surface area contributed by atoms with Gasteiger partial charge in [0.1, 0.15) is 5.82 Å². The van der Waals surface area contributed by atoms with Crippen molar-refractivity contribution in [1.82, 2.24) is 9.55 Å². The number of para-hydroxylation sites is 1. The van der Waals surface area contributed by atoms with Gasteiger partial charge in [-0.2, -0.15) is 0 Å². The minimum absolute atomic E-state index is 0.384. The molecule has 0 radical (unpaired) electrons. The van der Waals surface area contributed by atoms with E-state index in [2.05, 4.69) is 21.4 Å². The predicted molar refractivity (Wildman–Crippen MR) is 119 cm³/mol. The van der Waals surface area contributed by atoms with Crippen LogP contribution in [0.3, 0.4) is 0 Å². The zero-order chi connectivity index (χ0) is 21.8. The van der Waals surface area contributed by atoms with Gasteiger partial charge in [-0.15, -0.1) is 0 Å². The average molecular weight is 422 g/mol. The number of carbonyl (C=O) groups excluding carboxylic acids is 1. The second-order valence-corrected chi connectivity index (χ2v) is 7.23. The van der Waals surface area contributed by atoms with Crippen molar-refractivity contribution in [3.8, 4) is 28.5 Å². The summed E-state index contributed by atoms with van der Waals surface area (Å²) >= 11 is 0. The molecule has 8 heteroatoms. The number of benzene rings is 2. The van der Waals surface area contributed by atoms with Crippen LogP contribution in [0.1, 0.15) is 18.7 Å². The van der Waals surface area contributed by atoms with Gasteiger partial charge in [0.2, 0.25) is 5.75 Å². The fourth-order valence-corrected chi connectivity index (χ4v) is 3.80. The van der Waals surface area contributed by atoms with Crippen molar-refractivity contribution in [2.24, 2.45) is 0 Å². The van der Waals surface area contributed by atoms with Crippen LogP contribution in [-0.4, -0.2) is 36.9 Å². The summed E-state index contributed by atoms with van der Waals surface area (Å²) in [4.78, 5) is 17.5. The number of hydrogen-bond acceptors (Lipinski definition) is 5. The first-order valence-corrected chi connectivity index (χ1v) is 10.2.